The van der Waals surface area contributed by atoms with Crippen LogP contribution in [-0.4, -0.2) is 36.5 Å². The standard InChI is InChI=1S/C18H13Cl2F2N3O.C12H8F2N.C6H6F2N2O2/c1-25-9-13(16(24-25)17(21)22)18(26)23-15-5-3-2-4-11(15)12-8-10(19)6-7-14(12)20;13-8-5-6-11(14)10(7-8)9-3-1-2-4-12(9)15;1-10-2-3(6(11)12)4(9-10)5(7)8/h2-9,17H,1H3,(H,23,26);1-7,15H;2,5H,1H3,(H,11,12)/q;-1;. The number of carboxylic acid groups (broad SMARTS) is 1. The molecule has 4 aromatic carbocycles. The normalized spacial score (nSPS) is 10.7. The number of aryl methyl sites for hydroxylation is 2. The zero-order chi connectivity index (χ0) is 39.0. The number of nitrogens with zero attached hydrogens (tertiary/aromatic N) is 4. The van der Waals surface area contributed by atoms with E-state index in [4.69, 9.17) is 34.0 Å². The average molecular weight is 777 g/mol. The zero-order valence-electron chi connectivity index (χ0n) is 27.5. The number of aromatic carboxylic acids is 1. The fourth-order valence-corrected chi connectivity index (χ4v) is 5.21. The molecule has 0 saturated heterocycles. The molecule has 3 N–H and O–H groups in total. The van der Waals surface area contributed by atoms with Crippen LogP contribution in [0.5, 0.6) is 0 Å². The highest BCUT2D eigenvalue weighted by atomic mass is 35.5. The lowest BCUT2D eigenvalue weighted by Crippen LogP contribution is -2.14. The minimum atomic E-state index is -2.85. The Balaban J connectivity index is 0.000000196. The second-order valence-corrected chi connectivity index (χ2v) is 11.7. The van der Waals surface area contributed by atoms with E-state index in [2.05, 4.69) is 15.5 Å². The van der Waals surface area contributed by atoms with Gasteiger partial charge in [-0.3, -0.25) is 14.2 Å². The third-order valence-electron chi connectivity index (χ3n) is 7.14. The molecular formula is C36H27Cl2F6N6O3-. The second-order valence-electron chi connectivity index (χ2n) is 10.9. The van der Waals surface area contributed by atoms with Gasteiger partial charge in [0.25, 0.3) is 18.8 Å². The van der Waals surface area contributed by atoms with Crippen molar-refractivity contribution in [1.29, 1.82) is 0 Å². The summed E-state index contributed by atoms with van der Waals surface area (Å²) in [7, 11) is 2.86. The number of para-hydroxylation sites is 1. The lowest BCUT2D eigenvalue weighted by Gasteiger charge is -2.13. The highest BCUT2D eigenvalue weighted by Gasteiger charge is 2.24. The molecule has 0 aliphatic rings. The molecule has 0 fully saturated rings. The number of rotatable bonds is 7. The van der Waals surface area contributed by atoms with Gasteiger partial charge in [0.2, 0.25) is 0 Å². The van der Waals surface area contributed by atoms with E-state index >= 15 is 0 Å². The summed E-state index contributed by atoms with van der Waals surface area (Å²) in [5, 5.41) is 19.0. The Morgan fingerprint density at radius 3 is 1.89 bits per heavy atom. The van der Waals surface area contributed by atoms with Crippen molar-refractivity contribution < 1.29 is 41.0 Å². The SMILES string of the molecule is Cn1cc(C(=O)Nc2ccccc2-c2cc(Cl)ccc2Cl)c(C(F)F)n1.Cn1cc(C(=O)O)c(C(F)F)n1.[NH-]c1ccccc1-c1cc(F)ccc1F. The highest BCUT2D eigenvalue weighted by molar-refractivity contribution is 6.35. The van der Waals surface area contributed by atoms with E-state index in [0.717, 1.165) is 29.1 Å². The van der Waals surface area contributed by atoms with Crippen molar-refractivity contribution in [3.05, 3.63) is 147 Å². The first-order valence-electron chi connectivity index (χ1n) is 15.1. The maximum absolute atomic E-state index is 13.4. The predicted octanol–water partition coefficient (Wildman–Crippen LogP) is 11.0. The monoisotopic (exact) mass is 775 g/mol. The summed E-state index contributed by atoms with van der Waals surface area (Å²) >= 11 is 12.3. The fourth-order valence-electron chi connectivity index (χ4n) is 4.82. The van der Waals surface area contributed by atoms with Gasteiger partial charge in [-0.15, -0.1) is 5.69 Å². The molecule has 0 bridgehead atoms. The Bertz CT molecular complexity index is 2250. The average Bonchev–Trinajstić information content (AvgIpc) is 3.71. The smallest absolute Gasteiger partial charge is 0.339 e. The van der Waals surface area contributed by atoms with E-state index in [1.807, 2.05) is 0 Å². The van der Waals surface area contributed by atoms with Gasteiger partial charge >= 0.3 is 5.97 Å². The number of hydrogen-bond donors (Lipinski definition) is 2. The molecule has 0 saturated carbocycles. The number of anilines is 1. The fraction of sp³-hybridized carbons (Fsp3) is 0.111. The van der Waals surface area contributed by atoms with Crippen molar-refractivity contribution in [1.82, 2.24) is 19.6 Å². The van der Waals surface area contributed by atoms with Gasteiger partial charge in [0, 0.05) is 58.9 Å². The van der Waals surface area contributed by atoms with E-state index in [0.29, 0.717) is 32.4 Å². The molecule has 1 amide bonds. The number of hydrogen-bond acceptors (Lipinski definition) is 4. The molecule has 0 atom stereocenters. The third kappa shape index (κ3) is 10.2. The lowest BCUT2D eigenvalue weighted by atomic mass is 10.0. The molecule has 9 nitrogen and oxygen atoms in total. The second kappa shape index (κ2) is 17.6. The Morgan fingerprint density at radius 2 is 1.30 bits per heavy atom. The van der Waals surface area contributed by atoms with E-state index in [1.165, 1.54) is 25.0 Å². The molecule has 2 heterocycles. The Labute approximate surface area is 308 Å². The topological polar surface area (TPSA) is 126 Å². The number of carbonyl (C=O) groups is 2. The van der Waals surface area contributed by atoms with Crippen molar-refractivity contribution >= 4 is 46.5 Å². The summed E-state index contributed by atoms with van der Waals surface area (Å²) < 4.78 is 78.9. The van der Waals surface area contributed by atoms with Crippen molar-refractivity contribution in [2.45, 2.75) is 12.9 Å². The summed E-state index contributed by atoms with van der Waals surface area (Å²) in [6.45, 7) is 0. The van der Waals surface area contributed by atoms with Crippen molar-refractivity contribution in [2.24, 2.45) is 14.1 Å². The maximum Gasteiger partial charge on any atom is 0.339 e. The number of amides is 1. The van der Waals surface area contributed by atoms with Gasteiger partial charge in [-0.2, -0.15) is 10.2 Å². The first-order chi connectivity index (χ1) is 25.1. The first-order valence-corrected chi connectivity index (χ1v) is 15.8. The number of halogens is 8. The van der Waals surface area contributed by atoms with Crippen LogP contribution in [0.4, 0.5) is 37.7 Å². The van der Waals surface area contributed by atoms with Crippen LogP contribution in [0.2, 0.25) is 10.0 Å². The van der Waals surface area contributed by atoms with Gasteiger partial charge in [-0.1, -0.05) is 65.7 Å². The van der Waals surface area contributed by atoms with Crippen LogP contribution in [0.1, 0.15) is 45.0 Å². The Kier molecular flexibility index (Phi) is 13.3. The summed E-state index contributed by atoms with van der Waals surface area (Å²) in [5.74, 6) is -3.09. The van der Waals surface area contributed by atoms with Gasteiger partial charge in [0.15, 0.2) is 0 Å². The quantitative estimate of drug-likeness (QED) is 0.156. The lowest BCUT2D eigenvalue weighted by molar-refractivity contribution is 0.0683. The molecule has 276 valence electrons. The van der Waals surface area contributed by atoms with E-state index < -0.39 is 53.3 Å². The molecule has 0 aliphatic heterocycles. The molecule has 0 aliphatic carbocycles. The van der Waals surface area contributed by atoms with E-state index in [9.17, 15) is 35.9 Å². The zero-order valence-corrected chi connectivity index (χ0v) is 29.0. The summed E-state index contributed by atoms with van der Waals surface area (Å²) in [6.07, 6.45) is -3.40. The van der Waals surface area contributed by atoms with Crippen molar-refractivity contribution in [3.8, 4) is 22.3 Å². The number of aromatic nitrogens is 4. The molecular weight excluding hydrogens is 749 g/mol. The van der Waals surface area contributed by atoms with Crippen LogP contribution < -0.4 is 5.32 Å². The Hall–Kier alpha value is -5.80. The summed E-state index contributed by atoms with van der Waals surface area (Å²) in [5.41, 5.74) is 8.06. The predicted molar refractivity (Wildman–Crippen MR) is 189 cm³/mol. The van der Waals surface area contributed by atoms with Crippen LogP contribution in [0, 0.1) is 11.6 Å². The molecule has 17 heteroatoms. The van der Waals surface area contributed by atoms with Crippen molar-refractivity contribution in [2.75, 3.05) is 5.32 Å². The maximum atomic E-state index is 13.4. The third-order valence-corrected chi connectivity index (χ3v) is 7.71. The number of alkyl halides is 4. The van der Waals surface area contributed by atoms with Gasteiger partial charge < -0.3 is 16.2 Å². The number of carboxylic acids is 1. The van der Waals surface area contributed by atoms with E-state index in [-0.39, 0.29) is 16.8 Å². The van der Waals surface area contributed by atoms with Crippen molar-refractivity contribution in [3.63, 3.8) is 0 Å². The number of carbonyl (C=O) groups excluding carboxylic acids is 1. The highest BCUT2D eigenvalue weighted by Crippen LogP contribution is 2.36. The van der Waals surface area contributed by atoms with Gasteiger partial charge in [-0.25, -0.2) is 31.1 Å². The molecule has 53 heavy (non-hydrogen) atoms. The van der Waals surface area contributed by atoms with E-state index in [1.54, 1.807) is 66.7 Å². The van der Waals surface area contributed by atoms with Crippen LogP contribution in [-0.2, 0) is 14.1 Å². The van der Waals surface area contributed by atoms with Gasteiger partial charge in [0.1, 0.15) is 28.6 Å². The van der Waals surface area contributed by atoms with Gasteiger partial charge in [0.05, 0.1) is 5.56 Å². The van der Waals surface area contributed by atoms with Crippen LogP contribution in [0.3, 0.4) is 0 Å². The largest absolute Gasteiger partial charge is 0.698 e. The van der Waals surface area contributed by atoms with Crippen LogP contribution in [0.15, 0.2) is 97.3 Å². The summed E-state index contributed by atoms with van der Waals surface area (Å²) in [6, 6.07) is 21.6. The number of benzene rings is 4. The van der Waals surface area contributed by atoms with Gasteiger partial charge in [-0.05, 0) is 48.0 Å². The van der Waals surface area contributed by atoms with Crippen LogP contribution >= 0.6 is 23.2 Å². The molecule has 0 unspecified atom stereocenters. The Morgan fingerprint density at radius 1 is 0.736 bits per heavy atom. The molecule has 6 aromatic rings. The molecule has 6 rings (SSSR count). The minimum absolute atomic E-state index is 0.126. The molecule has 0 radical (unpaired) electrons. The first kappa shape index (κ1) is 40.0. The minimum Gasteiger partial charge on any atom is -0.698 e. The molecule has 0 spiro atoms. The summed E-state index contributed by atoms with van der Waals surface area (Å²) in [4.78, 5) is 22.9. The van der Waals surface area contributed by atoms with Crippen LogP contribution in [0.25, 0.3) is 28.0 Å². The number of nitrogens with one attached hydrogen (secondary N) is 2. The molecule has 2 aromatic heterocycles.